The zero-order valence-corrected chi connectivity index (χ0v) is 14.7. The molecule has 0 bridgehead atoms. The minimum atomic E-state index is -3.49. The number of carbonyl (C=O) groups is 1. The van der Waals surface area contributed by atoms with Crippen LogP contribution in [0.25, 0.3) is 0 Å². The Hall–Kier alpha value is -2.34. The topological polar surface area (TPSA) is 69.7 Å². The van der Waals surface area contributed by atoms with Gasteiger partial charge in [-0.15, -0.1) is 0 Å². The van der Waals surface area contributed by atoms with Crippen LogP contribution in [0.1, 0.15) is 21.5 Å². The second kappa shape index (κ2) is 7.49. The lowest BCUT2D eigenvalue weighted by molar-refractivity contribution is 0.0445. The number of benzene rings is 2. The number of aryl methyl sites for hydroxylation is 2. The normalized spacial score (nSPS) is 11.1. The Balaban J connectivity index is 1.96. The fourth-order valence-corrected chi connectivity index (χ4v) is 3.06. The Morgan fingerprint density at radius 3 is 2.46 bits per heavy atom. The van der Waals surface area contributed by atoms with E-state index in [-0.39, 0.29) is 23.7 Å². The fraction of sp³-hybridized carbons (Fsp3) is 0.278. The summed E-state index contributed by atoms with van der Waals surface area (Å²) in [6, 6.07) is 11.8. The number of carbonyl (C=O) groups excluding carboxylic acids is 1. The van der Waals surface area contributed by atoms with Crippen LogP contribution in [-0.2, 0) is 14.6 Å². The fourth-order valence-electron chi connectivity index (χ4n) is 2.19. The summed E-state index contributed by atoms with van der Waals surface area (Å²) >= 11 is 0. The smallest absolute Gasteiger partial charge is 0.339 e. The molecule has 5 nitrogen and oxygen atoms in total. The van der Waals surface area contributed by atoms with Crippen LogP contribution in [0.2, 0.25) is 0 Å². The summed E-state index contributed by atoms with van der Waals surface area (Å²) in [5, 5.41) is 0. The molecular formula is C18H20O5S. The van der Waals surface area contributed by atoms with E-state index in [1.165, 1.54) is 12.1 Å². The van der Waals surface area contributed by atoms with Gasteiger partial charge in [-0.3, -0.25) is 0 Å². The minimum absolute atomic E-state index is 0.0321. The Kier molecular flexibility index (Phi) is 5.62. The van der Waals surface area contributed by atoms with Crippen LogP contribution in [0.15, 0.2) is 47.4 Å². The van der Waals surface area contributed by atoms with Crippen molar-refractivity contribution in [2.75, 3.05) is 19.5 Å². The quantitative estimate of drug-likeness (QED) is 0.593. The summed E-state index contributed by atoms with van der Waals surface area (Å²) in [4.78, 5) is 12.1. The van der Waals surface area contributed by atoms with Crippen molar-refractivity contribution >= 4 is 15.8 Å². The highest BCUT2D eigenvalue weighted by Crippen LogP contribution is 2.19. The molecule has 0 aliphatic rings. The van der Waals surface area contributed by atoms with Gasteiger partial charge in [-0.05, 0) is 43.2 Å². The first-order valence-corrected chi connectivity index (χ1v) is 9.34. The van der Waals surface area contributed by atoms with E-state index in [0.717, 1.165) is 23.1 Å². The minimum Gasteiger partial charge on any atom is -0.490 e. The first-order valence-electron chi connectivity index (χ1n) is 7.45. The lowest BCUT2D eigenvalue weighted by atomic mass is 10.1. The number of rotatable bonds is 6. The summed E-state index contributed by atoms with van der Waals surface area (Å²) < 4.78 is 34.2. The highest BCUT2D eigenvalue weighted by Gasteiger charge is 2.19. The van der Waals surface area contributed by atoms with Gasteiger partial charge in [0.25, 0.3) is 0 Å². The number of ether oxygens (including phenoxy) is 2. The van der Waals surface area contributed by atoms with E-state index in [9.17, 15) is 13.2 Å². The molecule has 0 saturated heterocycles. The zero-order chi connectivity index (χ0) is 17.7. The average molecular weight is 348 g/mol. The molecule has 24 heavy (non-hydrogen) atoms. The standard InChI is InChI=1S/C18H20O5S/c1-13-8-9-14(2)16(12-13)22-10-11-23-18(19)15-6-4-5-7-17(15)24(3,20)21/h4-9,12H,10-11H2,1-3H3. The number of hydrogen-bond donors (Lipinski definition) is 0. The van der Waals surface area contributed by atoms with E-state index in [1.54, 1.807) is 12.1 Å². The summed E-state index contributed by atoms with van der Waals surface area (Å²) in [5.74, 6) is 0.0585. The van der Waals surface area contributed by atoms with Gasteiger partial charge in [0.1, 0.15) is 19.0 Å². The predicted octanol–water partition coefficient (Wildman–Crippen LogP) is 2.94. The van der Waals surface area contributed by atoms with Gasteiger partial charge in [0.05, 0.1) is 10.5 Å². The second-order valence-corrected chi connectivity index (χ2v) is 7.51. The summed E-state index contributed by atoms with van der Waals surface area (Å²) in [7, 11) is -3.49. The van der Waals surface area contributed by atoms with Gasteiger partial charge in [0.15, 0.2) is 9.84 Å². The number of sulfone groups is 1. The van der Waals surface area contributed by atoms with Crippen molar-refractivity contribution in [3.8, 4) is 5.75 Å². The van der Waals surface area contributed by atoms with Crippen molar-refractivity contribution in [1.29, 1.82) is 0 Å². The first kappa shape index (κ1) is 18.0. The molecule has 0 unspecified atom stereocenters. The van der Waals surface area contributed by atoms with Crippen LogP contribution in [0.5, 0.6) is 5.75 Å². The SMILES string of the molecule is Cc1ccc(C)c(OCCOC(=O)c2ccccc2S(C)(=O)=O)c1. The molecule has 2 rings (SSSR count). The van der Waals surface area contributed by atoms with E-state index in [4.69, 9.17) is 9.47 Å². The molecule has 0 N–H and O–H groups in total. The molecular weight excluding hydrogens is 328 g/mol. The summed E-state index contributed by atoms with van der Waals surface area (Å²) in [5.41, 5.74) is 2.11. The second-order valence-electron chi connectivity index (χ2n) is 5.52. The zero-order valence-electron chi connectivity index (χ0n) is 13.9. The number of esters is 1. The Labute approximate surface area is 142 Å². The maximum Gasteiger partial charge on any atom is 0.339 e. The highest BCUT2D eigenvalue weighted by molar-refractivity contribution is 7.90. The molecule has 2 aromatic rings. The van der Waals surface area contributed by atoms with Crippen LogP contribution in [0, 0.1) is 13.8 Å². The van der Waals surface area contributed by atoms with Gasteiger partial charge >= 0.3 is 5.97 Å². The average Bonchev–Trinajstić information content (AvgIpc) is 2.53. The van der Waals surface area contributed by atoms with Crippen molar-refractivity contribution < 1.29 is 22.7 Å². The molecule has 0 amide bonds. The molecule has 0 aromatic heterocycles. The molecule has 0 saturated carbocycles. The molecule has 0 heterocycles. The summed E-state index contributed by atoms with van der Waals surface area (Å²) in [6.07, 6.45) is 1.06. The third kappa shape index (κ3) is 4.58. The third-order valence-corrected chi connectivity index (χ3v) is 4.58. The molecule has 0 radical (unpaired) electrons. The molecule has 0 spiro atoms. The Morgan fingerprint density at radius 2 is 1.75 bits per heavy atom. The van der Waals surface area contributed by atoms with Crippen molar-refractivity contribution in [1.82, 2.24) is 0 Å². The molecule has 0 atom stereocenters. The van der Waals surface area contributed by atoms with Crippen molar-refractivity contribution in [2.45, 2.75) is 18.7 Å². The molecule has 128 valence electrons. The van der Waals surface area contributed by atoms with Gasteiger partial charge in [-0.2, -0.15) is 0 Å². The Morgan fingerprint density at radius 1 is 1.04 bits per heavy atom. The van der Waals surface area contributed by atoms with Gasteiger partial charge in [-0.1, -0.05) is 24.3 Å². The Bertz CT molecular complexity index is 840. The highest BCUT2D eigenvalue weighted by atomic mass is 32.2. The monoisotopic (exact) mass is 348 g/mol. The van der Waals surface area contributed by atoms with E-state index < -0.39 is 15.8 Å². The third-order valence-electron chi connectivity index (χ3n) is 3.42. The van der Waals surface area contributed by atoms with E-state index >= 15 is 0 Å². The van der Waals surface area contributed by atoms with Crippen LogP contribution in [0.4, 0.5) is 0 Å². The van der Waals surface area contributed by atoms with Crippen molar-refractivity contribution in [3.63, 3.8) is 0 Å². The van der Waals surface area contributed by atoms with Crippen molar-refractivity contribution in [2.24, 2.45) is 0 Å². The lowest BCUT2D eigenvalue weighted by Gasteiger charge is -2.11. The number of hydrogen-bond acceptors (Lipinski definition) is 5. The lowest BCUT2D eigenvalue weighted by Crippen LogP contribution is -2.15. The van der Waals surface area contributed by atoms with Crippen LogP contribution < -0.4 is 4.74 Å². The summed E-state index contributed by atoms with van der Waals surface area (Å²) in [6.45, 7) is 4.12. The van der Waals surface area contributed by atoms with Gasteiger partial charge < -0.3 is 9.47 Å². The van der Waals surface area contributed by atoms with Gasteiger partial charge in [0.2, 0.25) is 0 Å². The molecule has 0 fully saturated rings. The van der Waals surface area contributed by atoms with Gasteiger partial charge in [-0.25, -0.2) is 13.2 Å². The van der Waals surface area contributed by atoms with Crippen LogP contribution >= 0.6 is 0 Å². The van der Waals surface area contributed by atoms with Crippen molar-refractivity contribution in [3.05, 3.63) is 59.2 Å². The molecule has 0 aliphatic heterocycles. The predicted molar refractivity (Wildman–Crippen MR) is 91.2 cm³/mol. The maximum absolute atomic E-state index is 12.1. The first-order chi connectivity index (χ1) is 11.3. The molecule has 6 heteroatoms. The van der Waals surface area contributed by atoms with E-state index in [1.807, 2.05) is 32.0 Å². The molecule has 0 aliphatic carbocycles. The van der Waals surface area contributed by atoms with E-state index in [0.29, 0.717) is 0 Å². The van der Waals surface area contributed by atoms with Gasteiger partial charge in [0, 0.05) is 6.26 Å². The maximum atomic E-state index is 12.1. The van der Waals surface area contributed by atoms with E-state index in [2.05, 4.69) is 0 Å². The molecule has 2 aromatic carbocycles. The largest absolute Gasteiger partial charge is 0.490 e. The van der Waals surface area contributed by atoms with Crippen LogP contribution in [-0.4, -0.2) is 33.9 Å². The van der Waals surface area contributed by atoms with Crippen LogP contribution in [0.3, 0.4) is 0 Å².